The normalized spacial score (nSPS) is 15.4. The molecule has 0 bridgehead atoms. The fourth-order valence-corrected chi connectivity index (χ4v) is 1.96. The molecule has 1 aromatic rings. The van der Waals surface area contributed by atoms with Crippen LogP contribution in [-0.4, -0.2) is 29.6 Å². The van der Waals surface area contributed by atoms with Crippen LogP contribution >= 0.6 is 0 Å². The van der Waals surface area contributed by atoms with Gasteiger partial charge in [-0.3, -0.25) is 0 Å². The van der Waals surface area contributed by atoms with Gasteiger partial charge in [0.15, 0.2) is 11.6 Å². The minimum atomic E-state index is -0.332. The van der Waals surface area contributed by atoms with E-state index in [4.69, 9.17) is 0 Å². The van der Waals surface area contributed by atoms with E-state index in [1.807, 2.05) is 6.92 Å². The maximum atomic E-state index is 13.8. The van der Waals surface area contributed by atoms with Crippen LogP contribution in [0.2, 0.25) is 0 Å². The molecule has 94 valence electrons. The van der Waals surface area contributed by atoms with Gasteiger partial charge in [-0.25, -0.2) is 9.37 Å². The van der Waals surface area contributed by atoms with Crippen LogP contribution in [0.1, 0.15) is 31.9 Å². The zero-order valence-corrected chi connectivity index (χ0v) is 10.5. The number of rotatable bonds is 4. The van der Waals surface area contributed by atoms with Crippen LogP contribution in [0.25, 0.3) is 0 Å². The van der Waals surface area contributed by atoms with E-state index in [1.165, 1.54) is 0 Å². The molecule has 0 radical (unpaired) electrons. The summed E-state index contributed by atoms with van der Waals surface area (Å²) in [5.74, 6) is 0.655. The van der Waals surface area contributed by atoms with E-state index in [-0.39, 0.29) is 5.82 Å². The van der Waals surface area contributed by atoms with Crippen LogP contribution in [0, 0.1) is 12.7 Å². The van der Waals surface area contributed by atoms with Gasteiger partial charge in [-0.15, -0.1) is 0 Å². The Balaban J connectivity index is 2.24. The highest BCUT2D eigenvalue weighted by molar-refractivity contribution is 5.45. The third-order valence-corrected chi connectivity index (χ3v) is 2.94. The second kappa shape index (κ2) is 5.29. The van der Waals surface area contributed by atoms with Crippen molar-refractivity contribution >= 4 is 11.8 Å². The van der Waals surface area contributed by atoms with Gasteiger partial charge in [-0.05, 0) is 26.2 Å². The van der Waals surface area contributed by atoms with Crippen molar-refractivity contribution in [3.05, 3.63) is 11.5 Å². The molecule has 5 heteroatoms. The molecular weight excluding hydrogens is 219 g/mol. The summed E-state index contributed by atoms with van der Waals surface area (Å²) in [6, 6.07) is 0. The second-order valence-electron chi connectivity index (χ2n) is 4.39. The predicted octanol–water partition coefficient (Wildman–Crippen LogP) is 2.35. The lowest BCUT2D eigenvalue weighted by Crippen LogP contribution is -2.22. The number of aryl methyl sites for hydroxylation is 1. The second-order valence-corrected chi connectivity index (χ2v) is 4.39. The van der Waals surface area contributed by atoms with E-state index >= 15 is 0 Å². The van der Waals surface area contributed by atoms with Gasteiger partial charge in [0, 0.05) is 19.6 Å². The smallest absolute Gasteiger partial charge is 0.227 e. The van der Waals surface area contributed by atoms with Crippen molar-refractivity contribution in [1.29, 1.82) is 0 Å². The summed E-state index contributed by atoms with van der Waals surface area (Å²) in [5, 5.41) is 3.01. The molecule has 17 heavy (non-hydrogen) atoms. The van der Waals surface area contributed by atoms with Crippen molar-refractivity contribution in [3.8, 4) is 0 Å². The van der Waals surface area contributed by atoms with E-state index in [0.29, 0.717) is 17.5 Å². The maximum Gasteiger partial charge on any atom is 0.227 e. The van der Waals surface area contributed by atoms with E-state index in [9.17, 15) is 4.39 Å². The van der Waals surface area contributed by atoms with E-state index in [0.717, 1.165) is 38.9 Å². The van der Waals surface area contributed by atoms with Gasteiger partial charge in [-0.1, -0.05) is 6.92 Å². The van der Waals surface area contributed by atoms with Gasteiger partial charge < -0.3 is 10.2 Å². The monoisotopic (exact) mass is 238 g/mol. The standard InChI is InChI=1S/C12H19FN4/c1-3-6-14-11-10(13)9(2)15-12(16-11)17-7-4-5-8-17/h3-8H2,1-2H3,(H,14,15,16). The first-order valence-corrected chi connectivity index (χ1v) is 6.25. The summed E-state index contributed by atoms with van der Waals surface area (Å²) < 4.78 is 13.8. The van der Waals surface area contributed by atoms with Crippen LogP contribution in [0.4, 0.5) is 16.2 Å². The Kier molecular flexibility index (Phi) is 3.76. The molecule has 1 aromatic heterocycles. The molecule has 1 N–H and O–H groups in total. The van der Waals surface area contributed by atoms with Gasteiger partial charge in [0.25, 0.3) is 0 Å². The van der Waals surface area contributed by atoms with E-state index in [1.54, 1.807) is 6.92 Å². The summed E-state index contributed by atoms with van der Waals surface area (Å²) in [6.45, 7) is 6.40. The maximum absolute atomic E-state index is 13.8. The Morgan fingerprint density at radius 3 is 2.65 bits per heavy atom. The van der Waals surface area contributed by atoms with Crippen LogP contribution in [-0.2, 0) is 0 Å². The van der Waals surface area contributed by atoms with Crippen molar-refractivity contribution in [2.75, 3.05) is 29.9 Å². The van der Waals surface area contributed by atoms with Crippen LogP contribution < -0.4 is 10.2 Å². The van der Waals surface area contributed by atoms with E-state index < -0.39 is 0 Å². The molecule has 1 saturated heterocycles. The van der Waals surface area contributed by atoms with Crippen molar-refractivity contribution in [3.63, 3.8) is 0 Å². The fourth-order valence-electron chi connectivity index (χ4n) is 1.96. The Labute approximate surface area is 101 Å². The lowest BCUT2D eigenvalue weighted by molar-refractivity contribution is 0.603. The quantitative estimate of drug-likeness (QED) is 0.874. The van der Waals surface area contributed by atoms with Crippen molar-refractivity contribution in [1.82, 2.24) is 9.97 Å². The van der Waals surface area contributed by atoms with Crippen LogP contribution in [0.5, 0.6) is 0 Å². The van der Waals surface area contributed by atoms with Gasteiger partial charge in [0.05, 0.1) is 5.69 Å². The molecule has 2 heterocycles. The third-order valence-electron chi connectivity index (χ3n) is 2.94. The molecule has 0 unspecified atom stereocenters. The molecule has 0 aliphatic carbocycles. The Morgan fingerprint density at radius 2 is 2.00 bits per heavy atom. The highest BCUT2D eigenvalue weighted by Crippen LogP contribution is 2.21. The Hall–Kier alpha value is -1.39. The van der Waals surface area contributed by atoms with Crippen molar-refractivity contribution < 1.29 is 4.39 Å². The number of halogens is 1. The number of hydrogen-bond acceptors (Lipinski definition) is 4. The molecule has 1 aliphatic rings. The number of nitrogens with zero attached hydrogens (tertiary/aromatic N) is 3. The Morgan fingerprint density at radius 1 is 1.29 bits per heavy atom. The van der Waals surface area contributed by atoms with E-state index in [2.05, 4.69) is 20.2 Å². The molecule has 0 atom stereocenters. The van der Waals surface area contributed by atoms with Crippen LogP contribution in [0.15, 0.2) is 0 Å². The highest BCUT2D eigenvalue weighted by Gasteiger charge is 2.18. The lowest BCUT2D eigenvalue weighted by atomic mass is 10.4. The topological polar surface area (TPSA) is 41.1 Å². The number of aromatic nitrogens is 2. The Bertz CT molecular complexity index is 388. The third kappa shape index (κ3) is 2.65. The molecule has 4 nitrogen and oxygen atoms in total. The SMILES string of the molecule is CCCNc1nc(N2CCCC2)nc(C)c1F. The van der Waals surface area contributed by atoms with Crippen LogP contribution in [0.3, 0.4) is 0 Å². The van der Waals surface area contributed by atoms with Gasteiger partial charge in [0.2, 0.25) is 5.95 Å². The molecule has 0 aromatic carbocycles. The molecule has 1 aliphatic heterocycles. The molecule has 0 saturated carbocycles. The van der Waals surface area contributed by atoms with Gasteiger partial charge >= 0.3 is 0 Å². The molecular formula is C12H19FN4. The summed E-state index contributed by atoms with van der Waals surface area (Å²) in [4.78, 5) is 10.6. The zero-order chi connectivity index (χ0) is 12.3. The number of hydrogen-bond donors (Lipinski definition) is 1. The summed E-state index contributed by atoms with van der Waals surface area (Å²) in [5.41, 5.74) is 0.417. The molecule has 0 amide bonds. The molecule has 2 rings (SSSR count). The average Bonchev–Trinajstić information content (AvgIpc) is 2.84. The predicted molar refractivity (Wildman–Crippen MR) is 67.0 cm³/mol. The molecule has 1 fully saturated rings. The summed E-state index contributed by atoms with van der Waals surface area (Å²) in [6.07, 6.45) is 3.27. The number of nitrogens with one attached hydrogen (secondary N) is 1. The van der Waals surface area contributed by atoms with Gasteiger partial charge in [0.1, 0.15) is 0 Å². The zero-order valence-electron chi connectivity index (χ0n) is 10.5. The number of anilines is 2. The van der Waals surface area contributed by atoms with Crippen molar-refractivity contribution in [2.45, 2.75) is 33.1 Å². The minimum Gasteiger partial charge on any atom is -0.367 e. The summed E-state index contributed by atoms with van der Waals surface area (Å²) in [7, 11) is 0. The van der Waals surface area contributed by atoms with Gasteiger partial charge in [-0.2, -0.15) is 4.98 Å². The fraction of sp³-hybridized carbons (Fsp3) is 0.667. The molecule has 0 spiro atoms. The summed E-state index contributed by atoms with van der Waals surface area (Å²) >= 11 is 0. The first-order chi connectivity index (χ1) is 8.22. The average molecular weight is 238 g/mol. The first-order valence-electron chi connectivity index (χ1n) is 6.25. The largest absolute Gasteiger partial charge is 0.367 e. The highest BCUT2D eigenvalue weighted by atomic mass is 19.1. The first kappa shape index (κ1) is 12.1. The minimum absolute atomic E-state index is 0.332. The lowest BCUT2D eigenvalue weighted by Gasteiger charge is -2.17. The van der Waals surface area contributed by atoms with Crippen molar-refractivity contribution in [2.24, 2.45) is 0 Å².